The van der Waals surface area contributed by atoms with Gasteiger partial charge >= 0.3 is 0 Å². The van der Waals surface area contributed by atoms with Crippen molar-refractivity contribution in [3.63, 3.8) is 0 Å². The molecule has 5 heteroatoms. The van der Waals surface area contributed by atoms with Crippen LogP contribution in [0.5, 0.6) is 0 Å². The molecule has 1 amide bonds. The Kier molecular flexibility index (Phi) is 5.75. The Hall–Kier alpha value is -4.51. The molecular weight excluding hydrogens is 425 g/mol. The predicted molar refractivity (Wildman–Crippen MR) is 134 cm³/mol. The van der Waals surface area contributed by atoms with Crippen LogP contribution in [0.1, 0.15) is 16.1 Å². The van der Waals surface area contributed by atoms with Crippen molar-refractivity contribution in [1.82, 2.24) is 9.78 Å². The maximum atomic E-state index is 13.2. The van der Waals surface area contributed by atoms with Gasteiger partial charge in [0, 0.05) is 11.3 Å². The third-order valence-corrected chi connectivity index (χ3v) is 5.68. The summed E-state index contributed by atoms with van der Waals surface area (Å²) in [5, 5.41) is 7.44. The van der Waals surface area contributed by atoms with E-state index in [9.17, 15) is 9.18 Å². The average Bonchev–Trinajstić information content (AvgIpc) is 3.32. The monoisotopic (exact) mass is 447 g/mol. The summed E-state index contributed by atoms with van der Waals surface area (Å²) in [6, 6.07) is 33.7. The van der Waals surface area contributed by atoms with Crippen LogP contribution >= 0.6 is 0 Å². The summed E-state index contributed by atoms with van der Waals surface area (Å²) in [6.45, 7) is 2.01. The molecule has 1 aromatic heterocycles. The first-order valence-corrected chi connectivity index (χ1v) is 11.0. The van der Waals surface area contributed by atoms with Crippen LogP contribution in [0.3, 0.4) is 0 Å². The Morgan fingerprint density at radius 3 is 2.09 bits per heavy atom. The van der Waals surface area contributed by atoms with Crippen molar-refractivity contribution in [3.8, 4) is 28.1 Å². The van der Waals surface area contributed by atoms with Gasteiger partial charge < -0.3 is 5.32 Å². The van der Waals surface area contributed by atoms with Crippen molar-refractivity contribution in [3.05, 3.63) is 126 Å². The van der Waals surface area contributed by atoms with Gasteiger partial charge in [0.1, 0.15) is 5.82 Å². The van der Waals surface area contributed by atoms with E-state index in [4.69, 9.17) is 0 Å². The molecule has 0 unspecified atom stereocenters. The summed E-state index contributed by atoms with van der Waals surface area (Å²) in [5.74, 6) is -0.718. The first-order valence-electron chi connectivity index (χ1n) is 11.0. The molecule has 0 fully saturated rings. The number of amides is 1. The minimum Gasteiger partial charge on any atom is -0.321 e. The largest absolute Gasteiger partial charge is 0.321 e. The van der Waals surface area contributed by atoms with E-state index in [1.54, 1.807) is 10.7 Å². The maximum Gasteiger partial charge on any atom is 0.276 e. The number of nitrogens with one attached hydrogen (secondary N) is 1. The highest BCUT2D eigenvalue weighted by Crippen LogP contribution is 2.28. The number of halogens is 1. The number of hydrogen-bond acceptors (Lipinski definition) is 2. The van der Waals surface area contributed by atoms with Crippen molar-refractivity contribution in [2.75, 3.05) is 5.32 Å². The fourth-order valence-corrected chi connectivity index (χ4v) is 3.87. The predicted octanol–water partition coefficient (Wildman–Crippen LogP) is 6.91. The zero-order chi connectivity index (χ0) is 23.5. The van der Waals surface area contributed by atoms with E-state index in [-0.39, 0.29) is 17.4 Å². The van der Waals surface area contributed by atoms with Gasteiger partial charge in [-0.1, -0.05) is 72.8 Å². The van der Waals surface area contributed by atoms with Gasteiger partial charge in [-0.2, -0.15) is 5.10 Å². The molecule has 0 aliphatic rings. The summed E-state index contributed by atoms with van der Waals surface area (Å²) < 4.78 is 15.0. The van der Waals surface area contributed by atoms with Crippen LogP contribution in [0.2, 0.25) is 0 Å². The Balaban J connectivity index is 1.54. The Labute approximate surface area is 197 Å². The SMILES string of the molecule is Cc1ccccc1-n1nc(C(=O)Nc2ccc(F)cc2)cc1-c1ccc(-c2ccccc2)cc1. The second kappa shape index (κ2) is 9.16. The van der Waals surface area contributed by atoms with Gasteiger partial charge in [-0.3, -0.25) is 4.79 Å². The lowest BCUT2D eigenvalue weighted by molar-refractivity contribution is 0.102. The van der Waals surface area contributed by atoms with E-state index in [2.05, 4.69) is 34.7 Å². The van der Waals surface area contributed by atoms with Crippen molar-refractivity contribution >= 4 is 11.6 Å². The second-order valence-corrected chi connectivity index (χ2v) is 8.02. The van der Waals surface area contributed by atoms with Crippen molar-refractivity contribution < 1.29 is 9.18 Å². The quantitative estimate of drug-likeness (QED) is 0.318. The smallest absolute Gasteiger partial charge is 0.276 e. The number of carbonyl (C=O) groups excluding carboxylic acids is 1. The van der Waals surface area contributed by atoms with Crippen molar-refractivity contribution in [2.45, 2.75) is 6.92 Å². The molecule has 0 atom stereocenters. The van der Waals surface area contributed by atoms with Gasteiger partial charge in [-0.05, 0) is 60.0 Å². The van der Waals surface area contributed by atoms with Gasteiger partial charge in [-0.15, -0.1) is 0 Å². The van der Waals surface area contributed by atoms with Crippen molar-refractivity contribution in [1.29, 1.82) is 0 Å². The topological polar surface area (TPSA) is 46.9 Å². The molecule has 0 aliphatic heterocycles. The zero-order valence-corrected chi connectivity index (χ0v) is 18.6. The molecule has 5 rings (SSSR count). The third kappa shape index (κ3) is 4.36. The fourth-order valence-electron chi connectivity index (χ4n) is 3.87. The molecule has 1 N–H and O–H groups in total. The number of hydrogen-bond donors (Lipinski definition) is 1. The molecular formula is C29H22FN3O. The van der Waals surface area contributed by atoms with Crippen LogP contribution in [0.4, 0.5) is 10.1 Å². The number of benzene rings is 4. The molecule has 5 aromatic rings. The summed E-state index contributed by atoms with van der Waals surface area (Å²) in [6.07, 6.45) is 0. The number of aryl methyl sites for hydroxylation is 1. The molecule has 0 bridgehead atoms. The molecule has 4 nitrogen and oxygen atoms in total. The van der Waals surface area contributed by atoms with E-state index in [1.165, 1.54) is 24.3 Å². The van der Waals surface area contributed by atoms with Crippen molar-refractivity contribution in [2.24, 2.45) is 0 Å². The summed E-state index contributed by atoms with van der Waals surface area (Å²) in [7, 11) is 0. The molecule has 34 heavy (non-hydrogen) atoms. The number of aromatic nitrogens is 2. The van der Waals surface area contributed by atoms with E-state index in [0.29, 0.717) is 5.69 Å². The van der Waals surface area contributed by atoms with E-state index in [0.717, 1.165) is 33.6 Å². The number of nitrogens with zero attached hydrogens (tertiary/aromatic N) is 2. The lowest BCUT2D eigenvalue weighted by Crippen LogP contribution is -2.13. The number of carbonyl (C=O) groups is 1. The molecule has 0 radical (unpaired) electrons. The highest BCUT2D eigenvalue weighted by molar-refractivity contribution is 6.03. The molecule has 1 heterocycles. The van der Waals surface area contributed by atoms with Gasteiger partial charge in [0.25, 0.3) is 5.91 Å². The third-order valence-electron chi connectivity index (χ3n) is 5.68. The van der Waals surface area contributed by atoms with Crippen LogP contribution in [-0.4, -0.2) is 15.7 Å². The minimum atomic E-state index is -0.360. The fraction of sp³-hybridized carbons (Fsp3) is 0.0345. The summed E-state index contributed by atoms with van der Waals surface area (Å²) in [5.41, 5.74) is 6.71. The van der Waals surface area contributed by atoms with E-state index in [1.807, 2.05) is 61.5 Å². The van der Waals surface area contributed by atoms with Crippen LogP contribution in [0.15, 0.2) is 109 Å². The summed E-state index contributed by atoms with van der Waals surface area (Å²) >= 11 is 0. The van der Waals surface area contributed by atoms with E-state index < -0.39 is 0 Å². The maximum absolute atomic E-state index is 13.2. The van der Waals surface area contributed by atoms with Gasteiger partial charge in [0.05, 0.1) is 11.4 Å². The molecule has 0 saturated carbocycles. The Morgan fingerprint density at radius 2 is 1.38 bits per heavy atom. The zero-order valence-electron chi connectivity index (χ0n) is 18.6. The average molecular weight is 448 g/mol. The Bertz CT molecular complexity index is 1440. The summed E-state index contributed by atoms with van der Waals surface area (Å²) in [4.78, 5) is 13.0. The van der Waals surface area contributed by atoms with Crippen LogP contribution in [-0.2, 0) is 0 Å². The van der Waals surface area contributed by atoms with Gasteiger partial charge in [0.15, 0.2) is 5.69 Å². The van der Waals surface area contributed by atoms with Crippen LogP contribution < -0.4 is 5.32 Å². The highest BCUT2D eigenvalue weighted by Gasteiger charge is 2.18. The Morgan fingerprint density at radius 1 is 0.765 bits per heavy atom. The normalized spacial score (nSPS) is 10.8. The molecule has 0 spiro atoms. The first-order chi connectivity index (χ1) is 16.6. The minimum absolute atomic E-state index is 0.273. The van der Waals surface area contributed by atoms with Crippen LogP contribution in [0, 0.1) is 12.7 Å². The van der Waals surface area contributed by atoms with Gasteiger partial charge in [-0.25, -0.2) is 9.07 Å². The lowest BCUT2D eigenvalue weighted by Gasteiger charge is -2.11. The standard InChI is InChI=1S/C29H22FN3O/c1-20-7-5-6-10-27(20)33-28(23-13-11-22(12-14-23)21-8-3-2-4-9-21)19-26(32-33)29(34)31-25-17-15-24(30)16-18-25/h2-19H,1H3,(H,31,34). The molecule has 0 saturated heterocycles. The van der Waals surface area contributed by atoms with Crippen LogP contribution in [0.25, 0.3) is 28.1 Å². The second-order valence-electron chi connectivity index (χ2n) is 8.02. The first kappa shape index (κ1) is 21.3. The number of anilines is 1. The molecule has 166 valence electrons. The van der Waals surface area contributed by atoms with E-state index >= 15 is 0 Å². The molecule has 4 aromatic carbocycles. The van der Waals surface area contributed by atoms with Gasteiger partial charge in [0.2, 0.25) is 0 Å². The highest BCUT2D eigenvalue weighted by atomic mass is 19.1. The number of para-hydroxylation sites is 1. The lowest BCUT2D eigenvalue weighted by atomic mass is 10.0. The number of rotatable bonds is 5. The molecule has 0 aliphatic carbocycles.